The first kappa shape index (κ1) is 28.5. The Morgan fingerprint density at radius 2 is 1.69 bits per heavy atom. The van der Waals surface area contributed by atoms with Crippen LogP contribution in [0, 0.1) is 33.6 Å². The van der Waals surface area contributed by atoms with Crippen molar-refractivity contribution in [1.82, 2.24) is 14.4 Å². The lowest BCUT2D eigenvalue weighted by Gasteiger charge is -2.38. The number of aryl methyl sites for hydroxylation is 4. The highest BCUT2D eigenvalue weighted by Crippen LogP contribution is 2.41. The van der Waals surface area contributed by atoms with Gasteiger partial charge in [-0.3, -0.25) is 4.79 Å². The molecule has 1 aromatic heterocycles. The highest BCUT2D eigenvalue weighted by atomic mass is 32.2. The number of benzene rings is 2. The summed E-state index contributed by atoms with van der Waals surface area (Å²) in [7, 11) is -1.89. The number of anilines is 2. The van der Waals surface area contributed by atoms with Gasteiger partial charge in [0.1, 0.15) is 22.9 Å². The van der Waals surface area contributed by atoms with Crippen LogP contribution in [-0.4, -0.2) is 88.2 Å². The topological polar surface area (TPSA) is 99.4 Å². The van der Waals surface area contributed by atoms with E-state index in [4.69, 9.17) is 9.26 Å². The predicted octanol–water partition coefficient (Wildman–Crippen LogP) is 3.49. The summed E-state index contributed by atoms with van der Waals surface area (Å²) in [5.74, 6) is 0.180. The van der Waals surface area contributed by atoms with E-state index in [0.29, 0.717) is 25.4 Å². The number of carbonyl (C=O) groups is 1. The van der Waals surface area contributed by atoms with E-state index in [1.54, 1.807) is 13.8 Å². The minimum atomic E-state index is -3.92. The van der Waals surface area contributed by atoms with E-state index < -0.39 is 15.9 Å². The molecule has 11 heteroatoms. The van der Waals surface area contributed by atoms with Crippen molar-refractivity contribution >= 4 is 27.3 Å². The van der Waals surface area contributed by atoms with E-state index in [9.17, 15) is 13.2 Å². The van der Waals surface area contributed by atoms with Crippen LogP contribution in [0.15, 0.2) is 45.8 Å². The maximum atomic E-state index is 14.2. The van der Waals surface area contributed by atoms with Gasteiger partial charge in [0.15, 0.2) is 5.76 Å². The molecule has 2 saturated heterocycles. The quantitative estimate of drug-likeness (QED) is 0.444. The molecule has 2 fully saturated rings. The summed E-state index contributed by atoms with van der Waals surface area (Å²) in [5, 5.41) is 3.88. The molecule has 6 rings (SSSR count). The van der Waals surface area contributed by atoms with E-state index in [1.165, 1.54) is 21.1 Å². The average molecular weight is 594 g/mol. The summed E-state index contributed by atoms with van der Waals surface area (Å²) < 4.78 is 40.3. The molecule has 10 nitrogen and oxygen atoms in total. The molecule has 0 saturated carbocycles. The molecule has 0 radical (unpaired) electrons. The molecule has 0 bridgehead atoms. The third-order valence-electron chi connectivity index (χ3n) is 8.97. The molecular weight excluding hydrogens is 554 g/mol. The lowest BCUT2D eigenvalue weighted by Crippen LogP contribution is -2.51. The molecule has 3 aromatic rings. The Labute approximate surface area is 247 Å². The Morgan fingerprint density at radius 1 is 0.929 bits per heavy atom. The van der Waals surface area contributed by atoms with Crippen molar-refractivity contribution < 1.29 is 22.5 Å². The molecule has 0 N–H and O–H groups in total. The van der Waals surface area contributed by atoms with Crippen LogP contribution in [0.25, 0.3) is 0 Å². The number of aromatic nitrogens is 1. The van der Waals surface area contributed by atoms with Crippen molar-refractivity contribution in [3.05, 3.63) is 64.5 Å². The van der Waals surface area contributed by atoms with E-state index in [1.807, 2.05) is 30.1 Å². The van der Waals surface area contributed by atoms with Gasteiger partial charge in [0.25, 0.3) is 0 Å². The van der Waals surface area contributed by atoms with Gasteiger partial charge < -0.3 is 24.0 Å². The Bertz CT molecular complexity index is 1590. The van der Waals surface area contributed by atoms with Gasteiger partial charge in [0.05, 0.1) is 18.2 Å². The molecule has 0 aliphatic carbocycles. The standard InChI is InChI=1S/C31H39N5O5S/c1-20-6-7-21(2)28(16-20)34-10-12-35(13-11-34)31(37)26-19-36(42(38,39)30-22(3)32-41-23(30)4)18-25(26)24-8-9-27-29(17-24)40-15-14-33(27)5/h6-9,16-17,25-26H,10-15,18-19H2,1-5H3/t25-,26?/m0/s1. The zero-order chi connectivity index (χ0) is 29.8. The molecule has 4 heterocycles. The predicted molar refractivity (Wildman–Crippen MR) is 161 cm³/mol. The molecular formula is C31H39N5O5S. The number of likely N-dealkylation sites (N-methyl/N-ethyl adjacent to an activating group) is 1. The molecule has 3 aliphatic heterocycles. The second-order valence-electron chi connectivity index (χ2n) is 11.8. The van der Waals surface area contributed by atoms with Gasteiger partial charge in [-0.25, -0.2) is 8.42 Å². The van der Waals surface area contributed by atoms with Gasteiger partial charge >= 0.3 is 0 Å². The minimum Gasteiger partial charge on any atom is -0.490 e. The molecule has 42 heavy (non-hydrogen) atoms. The maximum absolute atomic E-state index is 14.2. The second-order valence-corrected chi connectivity index (χ2v) is 13.7. The van der Waals surface area contributed by atoms with Crippen molar-refractivity contribution in [3.63, 3.8) is 0 Å². The monoisotopic (exact) mass is 593 g/mol. The van der Waals surface area contributed by atoms with Crippen LogP contribution >= 0.6 is 0 Å². The second kappa shape index (κ2) is 10.9. The summed E-state index contributed by atoms with van der Waals surface area (Å²) >= 11 is 0. The largest absolute Gasteiger partial charge is 0.490 e. The molecule has 1 unspecified atom stereocenters. The summed E-state index contributed by atoms with van der Waals surface area (Å²) in [6.07, 6.45) is 0. The first-order chi connectivity index (χ1) is 20.0. The Kier molecular flexibility index (Phi) is 7.43. The molecule has 2 aromatic carbocycles. The Balaban J connectivity index is 1.28. The van der Waals surface area contributed by atoms with E-state index in [0.717, 1.165) is 36.6 Å². The molecule has 2 atom stereocenters. The zero-order valence-electron chi connectivity index (χ0n) is 25.0. The number of fused-ring (bicyclic) bond motifs is 1. The average Bonchev–Trinajstić information content (AvgIpc) is 3.58. The van der Waals surface area contributed by atoms with Crippen LogP contribution in [-0.2, 0) is 14.8 Å². The molecule has 3 aliphatic rings. The van der Waals surface area contributed by atoms with E-state index >= 15 is 0 Å². The van der Waals surface area contributed by atoms with Gasteiger partial charge in [0.2, 0.25) is 15.9 Å². The number of ether oxygens (including phenoxy) is 1. The number of nitrogens with zero attached hydrogens (tertiary/aromatic N) is 5. The number of hydrogen-bond acceptors (Lipinski definition) is 8. The van der Waals surface area contributed by atoms with E-state index in [2.05, 4.69) is 47.0 Å². The van der Waals surface area contributed by atoms with Gasteiger partial charge in [-0.05, 0) is 62.6 Å². The summed E-state index contributed by atoms with van der Waals surface area (Å²) in [5.41, 5.74) is 5.86. The number of amides is 1. The molecule has 224 valence electrons. The lowest BCUT2D eigenvalue weighted by atomic mass is 9.87. The lowest BCUT2D eigenvalue weighted by molar-refractivity contribution is -0.135. The number of piperazine rings is 1. The third kappa shape index (κ3) is 5.02. The van der Waals surface area contributed by atoms with Crippen LogP contribution in [0.1, 0.15) is 34.1 Å². The van der Waals surface area contributed by atoms with Crippen LogP contribution in [0.4, 0.5) is 11.4 Å². The number of hydrogen-bond donors (Lipinski definition) is 0. The van der Waals surface area contributed by atoms with Gasteiger partial charge in [-0.1, -0.05) is 23.4 Å². The Hall–Kier alpha value is -3.57. The van der Waals surface area contributed by atoms with Crippen LogP contribution < -0.4 is 14.5 Å². The third-order valence-corrected chi connectivity index (χ3v) is 11.1. The van der Waals surface area contributed by atoms with Crippen LogP contribution in [0.5, 0.6) is 5.75 Å². The Morgan fingerprint density at radius 3 is 2.40 bits per heavy atom. The zero-order valence-corrected chi connectivity index (χ0v) is 25.8. The van der Waals surface area contributed by atoms with Crippen LogP contribution in [0.3, 0.4) is 0 Å². The fourth-order valence-corrected chi connectivity index (χ4v) is 8.37. The van der Waals surface area contributed by atoms with Crippen molar-refractivity contribution in [2.45, 2.75) is 38.5 Å². The van der Waals surface area contributed by atoms with E-state index in [-0.39, 0.29) is 35.6 Å². The summed E-state index contributed by atoms with van der Waals surface area (Å²) in [4.78, 5) is 20.7. The number of sulfonamides is 1. The fraction of sp³-hybridized carbons (Fsp3) is 0.484. The van der Waals surface area contributed by atoms with Crippen molar-refractivity contribution in [1.29, 1.82) is 0 Å². The molecule has 1 amide bonds. The van der Waals surface area contributed by atoms with Crippen molar-refractivity contribution in [3.8, 4) is 5.75 Å². The SMILES string of the molecule is Cc1ccc(C)c(N2CCN(C(=O)C3CN(S(=O)(=O)c4c(C)noc4C)C[C@H]3c3ccc4c(c3)OCCN4C)CC2)c1. The smallest absolute Gasteiger partial charge is 0.248 e. The number of carbonyl (C=O) groups excluding carboxylic acids is 1. The van der Waals surface area contributed by atoms with Gasteiger partial charge in [-0.15, -0.1) is 0 Å². The summed E-state index contributed by atoms with van der Waals surface area (Å²) in [6, 6.07) is 12.5. The van der Waals surface area contributed by atoms with Crippen molar-refractivity contribution in [2.24, 2.45) is 5.92 Å². The summed E-state index contributed by atoms with van der Waals surface area (Å²) in [6.45, 7) is 11.8. The highest BCUT2D eigenvalue weighted by molar-refractivity contribution is 7.89. The van der Waals surface area contributed by atoms with Gasteiger partial charge in [0, 0.05) is 57.9 Å². The first-order valence-electron chi connectivity index (χ1n) is 14.6. The van der Waals surface area contributed by atoms with Crippen LogP contribution in [0.2, 0.25) is 0 Å². The fourth-order valence-electron chi connectivity index (χ4n) is 6.59. The van der Waals surface area contributed by atoms with Gasteiger partial charge in [-0.2, -0.15) is 4.31 Å². The van der Waals surface area contributed by atoms with Crippen molar-refractivity contribution in [2.75, 3.05) is 69.3 Å². The number of rotatable bonds is 5. The first-order valence-corrected chi connectivity index (χ1v) is 16.0. The maximum Gasteiger partial charge on any atom is 0.248 e. The highest BCUT2D eigenvalue weighted by Gasteiger charge is 2.46. The minimum absolute atomic E-state index is 0.00664. The normalized spacial score (nSPS) is 21.4. The molecule has 0 spiro atoms.